The zero-order chi connectivity index (χ0) is 9.26. The van der Waals surface area contributed by atoms with E-state index in [1.807, 2.05) is 0 Å². The minimum Gasteiger partial charge on any atom is -0.431 e. The highest BCUT2D eigenvalue weighted by Crippen LogP contribution is 2.20. The third-order valence-corrected chi connectivity index (χ3v) is 1.96. The van der Waals surface area contributed by atoms with Gasteiger partial charge < -0.3 is 18.9 Å². The summed E-state index contributed by atoms with van der Waals surface area (Å²) in [5, 5.41) is 0. The van der Waals surface area contributed by atoms with E-state index in [1.54, 1.807) is 19.3 Å². The van der Waals surface area contributed by atoms with E-state index in [-0.39, 0.29) is 25.1 Å². The lowest BCUT2D eigenvalue weighted by atomic mass is 10.1. The van der Waals surface area contributed by atoms with Crippen molar-refractivity contribution in [2.45, 2.75) is 18.5 Å². The van der Waals surface area contributed by atoms with Gasteiger partial charge in [0.1, 0.15) is 12.7 Å². The lowest BCUT2D eigenvalue weighted by molar-refractivity contribution is -0.190. The Bertz CT molecular complexity index is 237. The minimum absolute atomic E-state index is 0.216. The predicted molar refractivity (Wildman–Crippen MR) is 41.0 cm³/mol. The van der Waals surface area contributed by atoms with Crippen LogP contribution < -0.4 is 0 Å². The van der Waals surface area contributed by atoms with Gasteiger partial charge in [-0.05, 0) is 12.2 Å². The Kier molecular flexibility index (Phi) is 2.20. The molecule has 2 aliphatic rings. The van der Waals surface area contributed by atoms with E-state index < -0.39 is 6.16 Å². The molecule has 0 radical (unpaired) electrons. The summed E-state index contributed by atoms with van der Waals surface area (Å²) in [5.41, 5.74) is 0. The molecule has 1 fully saturated rings. The maximum absolute atomic E-state index is 10.7. The average molecular weight is 186 g/mol. The van der Waals surface area contributed by atoms with Crippen LogP contribution in [-0.4, -0.2) is 38.4 Å². The fourth-order valence-corrected chi connectivity index (χ4v) is 1.30. The van der Waals surface area contributed by atoms with Gasteiger partial charge in [-0.3, -0.25) is 0 Å². The zero-order valence-corrected chi connectivity index (χ0v) is 7.14. The number of carbonyl (C=O) groups is 1. The molecule has 5 nitrogen and oxygen atoms in total. The number of hydrogen-bond donors (Lipinski definition) is 0. The van der Waals surface area contributed by atoms with Gasteiger partial charge in [-0.25, -0.2) is 4.79 Å². The van der Waals surface area contributed by atoms with Crippen LogP contribution in [0.5, 0.6) is 0 Å². The molecule has 0 aromatic carbocycles. The highest BCUT2D eigenvalue weighted by molar-refractivity contribution is 5.61. The monoisotopic (exact) mass is 186 g/mol. The topological polar surface area (TPSA) is 54.0 Å². The van der Waals surface area contributed by atoms with Crippen LogP contribution in [0.2, 0.25) is 0 Å². The van der Waals surface area contributed by atoms with E-state index in [0.29, 0.717) is 0 Å². The molecule has 1 saturated heterocycles. The van der Waals surface area contributed by atoms with Gasteiger partial charge in [0.05, 0.1) is 0 Å². The van der Waals surface area contributed by atoms with Crippen LogP contribution in [0.4, 0.5) is 4.79 Å². The minimum atomic E-state index is -0.648. The molecule has 13 heavy (non-hydrogen) atoms. The lowest BCUT2D eigenvalue weighted by Crippen LogP contribution is -2.46. The summed E-state index contributed by atoms with van der Waals surface area (Å²) in [6, 6.07) is 0. The molecule has 5 heteroatoms. The predicted octanol–water partition coefficient (Wildman–Crippen LogP) is 0.449. The third kappa shape index (κ3) is 1.66. The Morgan fingerprint density at radius 2 is 2.38 bits per heavy atom. The molecule has 0 saturated carbocycles. The molecular formula is C8H10O5. The maximum atomic E-state index is 10.7. The van der Waals surface area contributed by atoms with Crippen molar-refractivity contribution in [3.8, 4) is 0 Å². The molecule has 3 atom stereocenters. The van der Waals surface area contributed by atoms with E-state index in [0.717, 1.165) is 0 Å². The fourth-order valence-electron chi connectivity index (χ4n) is 1.30. The Morgan fingerprint density at radius 1 is 1.54 bits per heavy atom. The van der Waals surface area contributed by atoms with Gasteiger partial charge in [-0.1, -0.05) is 0 Å². The first-order valence-electron chi connectivity index (χ1n) is 3.99. The highest BCUT2D eigenvalue weighted by atomic mass is 16.8. The van der Waals surface area contributed by atoms with Crippen LogP contribution in [0.3, 0.4) is 0 Å². The molecule has 2 aliphatic heterocycles. The fraction of sp³-hybridized carbons (Fsp3) is 0.625. The van der Waals surface area contributed by atoms with Crippen molar-refractivity contribution >= 4 is 6.16 Å². The summed E-state index contributed by atoms with van der Waals surface area (Å²) in [4.78, 5) is 10.7. The van der Waals surface area contributed by atoms with Crippen molar-refractivity contribution in [3.63, 3.8) is 0 Å². The summed E-state index contributed by atoms with van der Waals surface area (Å²) in [6.07, 6.45) is 1.84. The summed E-state index contributed by atoms with van der Waals surface area (Å²) >= 11 is 0. The molecule has 2 heterocycles. The van der Waals surface area contributed by atoms with Crippen LogP contribution in [-0.2, 0) is 18.9 Å². The number of ether oxygens (including phenoxy) is 4. The number of hydrogen-bond acceptors (Lipinski definition) is 5. The molecular weight excluding hydrogens is 176 g/mol. The first kappa shape index (κ1) is 8.52. The molecule has 0 aromatic heterocycles. The van der Waals surface area contributed by atoms with E-state index >= 15 is 0 Å². The normalized spacial score (nSPS) is 37.6. The molecule has 0 unspecified atom stereocenters. The zero-order valence-electron chi connectivity index (χ0n) is 7.14. The van der Waals surface area contributed by atoms with Gasteiger partial charge in [0.2, 0.25) is 0 Å². The smallest absolute Gasteiger partial charge is 0.431 e. The SMILES string of the molecule is CO[C@@H]1C=C[C@@H]2OC(=O)OC[C@H]2O1. The average Bonchev–Trinajstić information content (AvgIpc) is 2.17. The Morgan fingerprint density at radius 3 is 3.15 bits per heavy atom. The molecule has 0 bridgehead atoms. The second kappa shape index (κ2) is 3.35. The largest absolute Gasteiger partial charge is 0.509 e. The summed E-state index contributed by atoms with van der Waals surface area (Å²) in [7, 11) is 1.55. The highest BCUT2D eigenvalue weighted by Gasteiger charge is 2.35. The maximum Gasteiger partial charge on any atom is 0.509 e. The van der Waals surface area contributed by atoms with Crippen LogP contribution in [0.25, 0.3) is 0 Å². The van der Waals surface area contributed by atoms with E-state index in [1.165, 1.54) is 0 Å². The molecule has 0 spiro atoms. The van der Waals surface area contributed by atoms with Crippen molar-refractivity contribution < 1.29 is 23.7 Å². The van der Waals surface area contributed by atoms with E-state index in [2.05, 4.69) is 4.74 Å². The molecule has 0 amide bonds. The quantitative estimate of drug-likeness (QED) is 0.439. The van der Waals surface area contributed by atoms with Crippen molar-refractivity contribution in [3.05, 3.63) is 12.2 Å². The molecule has 0 N–H and O–H groups in total. The van der Waals surface area contributed by atoms with Crippen LogP contribution in [0.15, 0.2) is 12.2 Å². The molecule has 0 aliphatic carbocycles. The number of rotatable bonds is 1. The molecule has 72 valence electrons. The van der Waals surface area contributed by atoms with Gasteiger partial charge in [0.25, 0.3) is 0 Å². The lowest BCUT2D eigenvalue weighted by Gasteiger charge is -2.33. The third-order valence-electron chi connectivity index (χ3n) is 1.96. The van der Waals surface area contributed by atoms with Gasteiger partial charge in [0, 0.05) is 7.11 Å². The van der Waals surface area contributed by atoms with E-state index in [9.17, 15) is 4.79 Å². The first-order chi connectivity index (χ1) is 6.29. The van der Waals surface area contributed by atoms with Gasteiger partial charge in [0.15, 0.2) is 12.4 Å². The summed E-state index contributed by atoms with van der Waals surface area (Å²) in [5.74, 6) is 0. The standard InChI is InChI=1S/C8H10O5/c1-10-7-3-2-5-6(12-7)4-11-8(9)13-5/h2-3,5-7H,4H2,1H3/t5-,6+,7-/m0/s1. The number of fused-ring (bicyclic) bond motifs is 1. The number of methoxy groups -OCH3 is 1. The van der Waals surface area contributed by atoms with E-state index in [4.69, 9.17) is 14.2 Å². The van der Waals surface area contributed by atoms with Gasteiger partial charge >= 0.3 is 6.16 Å². The molecule has 2 rings (SSSR count). The van der Waals surface area contributed by atoms with Crippen molar-refractivity contribution in [1.82, 2.24) is 0 Å². The first-order valence-corrected chi connectivity index (χ1v) is 3.99. The van der Waals surface area contributed by atoms with Crippen molar-refractivity contribution in [1.29, 1.82) is 0 Å². The van der Waals surface area contributed by atoms with Crippen LogP contribution in [0.1, 0.15) is 0 Å². The summed E-state index contributed by atoms with van der Waals surface area (Å²) in [6.45, 7) is 0.216. The van der Waals surface area contributed by atoms with Crippen molar-refractivity contribution in [2.24, 2.45) is 0 Å². The Hall–Kier alpha value is -1.07. The number of carbonyl (C=O) groups excluding carboxylic acids is 1. The Balaban J connectivity index is 2.04. The second-order valence-electron chi connectivity index (χ2n) is 2.81. The second-order valence-corrected chi connectivity index (χ2v) is 2.81. The number of cyclic esters (lactones) is 1. The van der Waals surface area contributed by atoms with Crippen LogP contribution >= 0.6 is 0 Å². The van der Waals surface area contributed by atoms with Gasteiger partial charge in [-0.15, -0.1) is 0 Å². The molecule has 0 aromatic rings. The van der Waals surface area contributed by atoms with Gasteiger partial charge in [-0.2, -0.15) is 0 Å². The Labute approximate surface area is 75.2 Å². The summed E-state index contributed by atoms with van der Waals surface area (Å²) < 4.78 is 19.9. The van der Waals surface area contributed by atoms with Crippen molar-refractivity contribution in [2.75, 3.05) is 13.7 Å². The van der Waals surface area contributed by atoms with Crippen LogP contribution in [0, 0.1) is 0 Å².